The summed E-state index contributed by atoms with van der Waals surface area (Å²) in [5.41, 5.74) is 0.508. The first-order chi connectivity index (χ1) is 11.0. The van der Waals surface area contributed by atoms with Crippen molar-refractivity contribution >= 4 is 17.7 Å². The fourth-order valence-electron chi connectivity index (χ4n) is 3.01. The van der Waals surface area contributed by atoms with Gasteiger partial charge in [0.15, 0.2) is 0 Å². The molecule has 0 aromatic heterocycles. The van der Waals surface area contributed by atoms with Crippen LogP contribution in [0.5, 0.6) is 5.75 Å². The molecule has 0 bridgehead atoms. The highest BCUT2D eigenvalue weighted by molar-refractivity contribution is 5.99. The van der Waals surface area contributed by atoms with E-state index in [4.69, 9.17) is 4.74 Å². The predicted molar refractivity (Wildman–Crippen MR) is 82.0 cm³/mol. The molecule has 7 nitrogen and oxygen atoms in total. The number of amides is 3. The summed E-state index contributed by atoms with van der Waals surface area (Å²) in [6.45, 7) is 2.67. The smallest absolute Gasteiger partial charge is 0.254 e. The second-order valence-electron chi connectivity index (χ2n) is 5.76. The lowest BCUT2D eigenvalue weighted by Crippen LogP contribution is -2.69. The third-order valence-electron chi connectivity index (χ3n) is 4.30. The highest BCUT2D eigenvalue weighted by atomic mass is 16.5. The van der Waals surface area contributed by atoms with Gasteiger partial charge in [-0.3, -0.25) is 14.4 Å². The first-order valence-corrected chi connectivity index (χ1v) is 7.55. The molecule has 0 saturated carbocycles. The summed E-state index contributed by atoms with van der Waals surface area (Å²) in [7, 11) is 1.54. The molecule has 0 aliphatic carbocycles. The van der Waals surface area contributed by atoms with Crippen LogP contribution in [0.4, 0.5) is 0 Å². The molecule has 2 atom stereocenters. The van der Waals surface area contributed by atoms with Gasteiger partial charge in [-0.15, -0.1) is 0 Å². The molecule has 2 heterocycles. The van der Waals surface area contributed by atoms with Gasteiger partial charge in [0.2, 0.25) is 11.8 Å². The van der Waals surface area contributed by atoms with E-state index in [-0.39, 0.29) is 24.3 Å². The first-order valence-electron chi connectivity index (χ1n) is 7.55. The molecule has 0 radical (unpaired) electrons. The molecule has 1 aromatic carbocycles. The number of benzene rings is 1. The number of methoxy groups -OCH3 is 1. The monoisotopic (exact) mass is 317 g/mol. The van der Waals surface area contributed by atoms with E-state index in [0.29, 0.717) is 24.4 Å². The molecule has 2 aliphatic rings. The Labute approximate surface area is 134 Å². The van der Waals surface area contributed by atoms with Gasteiger partial charge in [0.05, 0.1) is 13.7 Å². The van der Waals surface area contributed by atoms with E-state index in [0.717, 1.165) is 0 Å². The molecule has 0 unspecified atom stereocenters. The average molecular weight is 317 g/mol. The molecule has 2 saturated heterocycles. The van der Waals surface area contributed by atoms with Crippen molar-refractivity contribution in [1.29, 1.82) is 0 Å². The Bertz CT molecular complexity index is 660. The second kappa shape index (κ2) is 5.91. The Morgan fingerprint density at radius 1 is 1.30 bits per heavy atom. The van der Waals surface area contributed by atoms with Gasteiger partial charge in [0.25, 0.3) is 5.91 Å². The largest absolute Gasteiger partial charge is 0.497 e. The standard InChI is InChI=1S/C16H19N3O4/c1-10-15(21)19-7-6-18(9-13(19)14(20)17-10)16(22)11-4-3-5-12(8-11)23-2/h3-5,8,10,13H,6-7,9H2,1-2H3,(H,17,20)/t10-,13+/m0/s1. The van der Waals surface area contributed by atoms with Crippen molar-refractivity contribution < 1.29 is 19.1 Å². The lowest BCUT2D eigenvalue weighted by Gasteiger charge is -2.44. The van der Waals surface area contributed by atoms with Gasteiger partial charge < -0.3 is 19.9 Å². The minimum Gasteiger partial charge on any atom is -0.497 e. The Morgan fingerprint density at radius 3 is 2.83 bits per heavy atom. The summed E-state index contributed by atoms with van der Waals surface area (Å²) in [5.74, 6) is 0.139. The van der Waals surface area contributed by atoms with Crippen molar-refractivity contribution in [3.63, 3.8) is 0 Å². The van der Waals surface area contributed by atoms with Crippen LogP contribution < -0.4 is 10.1 Å². The fourth-order valence-corrected chi connectivity index (χ4v) is 3.01. The molecule has 3 rings (SSSR count). The molecule has 1 N–H and O–H groups in total. The van der Waals surface area contributed by atoms with Crippen LogP contribution in [0.25, 0.3) is 0 Å². The summed E-state index contributed by atoms with van der Waals surface area (Å²) >= 11 is 0. The minimum absolute atomic E-state index is 0.0944. The van der Waals surface area contributed by atoms with Gasteiger partial charge >= 0.3 is 0 Å². The maximum atomic E-state index is 12.6. The molecule has 2 aliphatic heterocycles. The van der Waals surface area contributed by atoms with E-state index >= 15 is 0 Å². The summed E-state index contributed by atoms with van der Waals surface area (Å²) in [4.78, 5) is 40.1. The Morgan fingerprint density at radius 2 is 2.09 bits per heavy atom. The zero-order valence-corrected chi connectivity index (χ0v) is 13.1. The molecule has 23 heavy (non-hydrogen) atoms. The quantitative estimate of drug-likeness (QED) is 0.824. The molecule has 3 amide bonds. The van der Waals surface area contributed by atoms with E-state index in [1.54, 1.807) is 48.1 Å². The van der Waals surface area contributed by atoms with Crippen LogP contribution in [-0.2, 0) is 9.59 Å². The maximum Gasteiger partial charge on any atom is 0.254 e. The second-order valence-corrected chi connectivity index (χ2v) is 5.76. The van der Waals surface area contributed by atoms with E-state index in [9.17, 15) is 14.4 Å². The maximum absolute atomic E-state index is 12.6. The Balaban J connectivity index is 1.77. The van der Waals surface area contributed by atoms with E-state index < -0.39 is 12.1 Å². The molecular weight excluding hydrogens is 298 g/mol. The number of hydrogen-bond acceptors (Lipinski definition) is 4. The molecule has 2 fully saturated rings. The van der Waals surface area contributed by atoms with Crippen LogP contribution in [0.15, 0.2) is 24.3 Å². The van der Waals surface area contributed by atoms with Crippen molar-refractivity contribution in [1.82, 2.24) is 15.1 Å². The topological polar surface area (TPSA) is 79.0 Å². The predicted octanol–water partition coefficient (Wildman–Crippen LogP) is -0.133. The number of fused-ring (bicyclic) bond motifs is 1. The number of rotatable bonds is 2. The first kappa shape index (κ1) is 15.3. The normalized spacial score (nSPS) is 24.1. The number of carbonyl (C=O) groups excluding carboxylic acids is 3. The van der Waals surface area contributed by atoms with Crippen molar-refractivity contribution in [2.24, 2.45) is 0 Å². The Kier molecular flexibility index (Phi) is 3.94. The fraction of sp³-hybridized carbons (Fsp3) is 0.438. The number of ether oxygens (including phenoxy) is 1. The van der Waals surface area contributed by atoms with Gasteiger partial charge in [-0.25, -0.2) is 0 Å². The minimum atomic E-state index is -0.609. The molecule has 122 valence electrons. The van der Waals surface area contributed by atoms with Crippen molar-refractivity contribution in [3.05, 3.63) is 29.8 Å². The third-order valence-corrected chi connectivity index (χ3v) is 4.30. The van der Waals surface area contributed by atoms with Gasteiger partial charge in [0, 0.05) is 18.7 Å². The number of piperazine rings is 2. The van der Waals surface area contributed by atoms with Gasteiger partial charge in [-0.05, 0) is 25.1 Å². The summed E-state index contributed by atoms with van der Waals surface area (Å²) in [5, 5.41) is 2.66. The zero-order chi connectivity index (χ0) is 16.6. The van der Waals surface area contributed by atoms with Crippen LogP contribution >= 0.6 is 0 Å². The highest BCUT2D eigenvalue weighted by Crippen LogP contribution is 2.19. The van der Waals surface area contributed by atoms with E-state index in [1.807, 2.05) is 0 Å². The van der Waals surface area contributed by atoms with Gasteiger partial charge in [0.1, 0.15) is 17.8 Å². The van der Waals surface area contributed by atoms with E-state index in [2.05, 4.69) is 5.32 Å². The van der Waals surface area contributed by atoms with Gasteiger partial charge in [-0.2, -0.15) is 0 Å². The number of nitrogens with zero attached hydrogens (tertiary/aromatic N) is 2. The van der Waals surface area contributed by atoms with Gasteiger partial charge in [-0.1, -0.05) is 6.07 Å². The van der Waals surface area contributed by atoms with Crippen LogP contribution in [0.2, 0.25) is 0 Å². The number of carbonyl (C=O) groups is 3. The van der Waals surface area contributed by atoms with Crippen molar-refractivity contribution in [2.45, 2.75) is 19.0 Å². The van der Waals surface area contributed by atoms with Crippen LogP contribution in [0.3, 0.4) is 0 Å². The van der Waals surface area contributed by atoms with Crippen LogP contribution in [-0.4, -0.2) is 66.3 Å². The molecule has 7 heteroatoms. The number of hydrogen-bond donors (Lipinski definition) is 1. The van der Waals surface area contributed by atoms with Crippen LogP contribution in [0, 0.1) is 0 Å². The number of nitrogens with one attached hydrogen (secondary N) is 1. The molecular formula is C16H19N3O4. The Hall–Kier alpha value is -2.57. The molecule has 0 spiro atoms. The van der Waals surface area contributed by atoms with Crippen LogP contribution in [0.1, 0.15) is 17.3 Å². The summed E-state index contributed by atoms with van der Waals surface area (Å²) in [6, 6.07) is 5.79. The lowest BCUT2D eigenvalue weighted by molar-refractivity contribution is -0.151. The highest BCUT2D eigenvalue weighted by Gasteiger charge is 2.42. The average Bonchev–Trinajstić information content (AvgIpc) is 2.58. The van der Waals surface area contributed by atoms with Crippen molar-refractivity contribution in [3.8, 4) is 5.75 Å². The third kappa shape index (κ3) is 2.74. The van der Waals surface area contributed by atoms with E-state index in [1.165, 1.54) is 0 Å². The van der Waals surface area contributed by atoms with Crippen molar-refractivity contribution in [2.75, 3.05) is 26.7 Å². The molecule has 1 aromatic rings. The SMILES string of the molecule is COc1cccc(C(=O)N2CCN3C(=O)[C@H](C)NC(=O)[C@H]3C2)c1. The lowest BCUT2D eigenvalue weighted by atomic mass is 10.0. The summed E-state index contributed by atoms with van der Waals surface area (Å²) in [6.07, 6.45) is 0. The zero-order valence-electron chi connectivity index (χ0n) is 13.1. The summed E-state index contributed by atoms with van der Waals surface area (Å²) < 4.78 is 5.13.